The molecule has 1 aliphatic rings. The van der Waals surface area contributed by atoms with Crippen molar-refractivity contribution in [2.24, 2.45) is 5.41 Å². The molecule has 0 radical (unpaired) electrons. The average molecular weight is 430 g/mol. The number of hydrogen-bond acceptors (Lipinski definition) is 5. The molecule has 29 heavy (non-hydrogen) atoms. The zero-order valence-electron chi connectivity index (χ0n) is 19.5. The van der Waals surface area contributed by atoms with E-state index in [0.717, 1.165) is 4.90 Å². The number of carbonyl (C=O) groups is 3. The summed E-state index contributed by atoms with van der Waals surface area (Å²) in [6, 6.07) is 0. The van der Waals surface area contributed by atoms with Crippen molar-refractivity contribution in [1.29, 1.82) is 0 Å². The van der Waals surface area contributed by atoms with Crippen molar-refractivity contribution >= 4 is 26.2 Å². The van der Waals surface area contributed by atoms with Crippen LogP contribution in [0.1, 0.15) is 67.7 Å². The molecule has 0 saturated carbocycles. The molecule has 168 valence electrons. The van der Waals surface area contributed by atoms with Crippen LogP contribution in [-0.4, -0.2) is 61.0 Å². The fraction of sp³-hybridized carbons (Fsp3) is 0.857. The van der Waals surface area contributed by atoms with E-state index in [1.165, 1.54) is 0 Å². The van der Waals surface area contributed by atoms with E-state index in [-0.39, 0.29) is 29.8 Å². The number of hydrogen-bond donors (Lipinski definition) is 1. The molecule has 0 aliphatic carbocycles. The smallest absolute Gasteiger partial charge is 0.408 e. The van der Waals surface area contributed by atoms with E-state index in [2.05, 4.69) is 33.9 Å². The first kappa shape index (κ1) is 25.6. The van der Waals surface area contributed by atoms with E-state index in [1.54, 1.807) is 6.92 Å². The zero-order chi connectivity index (χ0) is 22.8. The van der Waals surface area contributed by atoms with E-state index in [1.807, 2.05) is 20.8 Å². The molecule has 1 heterocycles. The summed E-state index contributed by atoms with van der Waals surface area (Å²) in [5.41, 5.74) is -2.10. The van der Waals surface area contributed by atoms with Gasteiger partial charge in [-0.1, -0.05) is 41.5 Å². The number of carbonyl (C=O) groups excluding carboxylic acids is 2. The van der Waals surface area contributed by atoms with Crippen LogP contribution in [0.25, 0.3) is 0 Å². The number of rotatable bonds is 7. The van der Waals surface area contributed by atoms with E-state index >= 15 is 0 Å². The first-order valence-electron chi connectivity index (χ1n) is 10.4. The average Bonchev–Trinajstić information content (AvgIpc) is 2.87. The highest BCUT2D eigenvalue weighted by Crippen LogP contribution is 2.38. The van der Waals surface area contributed by atoms with Crippen molar-refractivity contribution in [3.8, 4) is 0 Å². The van der Waals surface area contributed by atoms with Crippen LogP contribution in [0.5, 0.6) is 0 Å². The third-order valence-corrected chi connectivity index (χ3v) is 11.0. The predicted molar refractivity (Wildman–Crippen MR) is 114 cm³/mol. The normalized spacial score (nSPS) is 22.0. The first-order valence-corrected chi connectivity index (χ1v) is 13.3. The lowest BCUT2D eigenvalue weighted by molar-refractivity contribution is -0.168. The summed E-state index contributed by atoms with van der Waals surface area (Å²) in [6.07, 6.45) is -1.24. The molecule has 2 atom stereocenters. The Labute approximate surface area is 176 Å². The van der Waals surface area contributed by atoms with Gasteiger partial charge in [-0.25, -0.2) is 9.59 Å². The molecule has 2 unspecified atom stereocenters. The van der Waals surface area contributed by atoms with Crippen molar-refractivity contribution in [3.63, 3.8) is 0 Å². The van der Waals surface area contributed by atoms with Crippen LogP contribution in [0, 0.1) is 5.41 Å². The van der Waals surface area contributed by atoms with Gasteiger partial charge in [-0.05, 0) is 43.3 Å². The highest BCUT2D eigenvalue weighted by Gasteiger charge is 2.58. The van der Waals surface area contributed by atoms with Gasteiger partial charge in [-0.3, -0.25) is 9.69 Å². The molecule has 7 nitrogen and oxygen atoms in total. The molecule has 0 aromatic heterocycles. The molecule has 1 amide bonds. The lowest BCUT2D eigenvalue weighted by atomic mass is 9.87. The summed E-state index contributed by atoms with van der Waals surface area (Å²) in [4.78, 5) is 38.7. The van der Waals surface area contributed by atoms with E-state index in [9.17, 15) is 19.5 Å². The molecule has 0 spiro atoms. The molecular formula is C21H39NO6Si. The van der Waals surface area contributed by atoms with Gasteiger partial charge >= 0.3 is 12.1 Å². The number of ketones is 1. The van der Waals surface area contributed by atoms with E-state index in [0.29, 0.717) is 13.0 Å². The van der Waals surface area contributed by atoms with Gasteiger partial charge in [0.2, 0.25) is 5.54 Å². The minimum Gasteiger partial charge on any atom is -0.465 e. The number of nitrogens with zero attached hydrogens (tertiary/aromatic N) is 1. The van der Waals surface area contributed by atoms with Crippen molar-refractivity contribution in [2.45, 2.75) is 97.5 Å². The second-order valence-corrected chi connectivity index (χ2v) is 15.4. The molecule has 1 saturated heterocycles. The Morgan fingerprint density at radius 2 is 1.76 bits per heavy atom. The molecule has 1 N–H and O–H groups in total. The van der Waals surface area contributed by atoms with Crippen LogP contribution in [0.2, 0.25) is 18.1 Å². The van der Waals surface area contributed by atoms with Crippen LogP contribution < -0.4 is 0 Å². The summed E-state index contributed by atoms with van der Waals surface area (Å²) in [5, 5.41) is 9.69. The van der Waals surface area contributed by atoms with Gasteiger partial charge in [0.05, 0.1) is 0 Å². The lowest BCUT2D eigenvalue weighted by Gasteiger charge is -2.38. The van der Waals surface area contributed by atoms with Gasteiger partial charge in [0, 0.05) is 19.6 Å². The standard InChI is InChI=1S/C21H39NO6Si/c1-15(19(2,3)4)28-17(24)21(16(23)11-13-22(21)18(25)26)12-10-14-27-29(8,9)20(5,6)7/h15H,10-14H2,1-9H3,(H,25,26). The Morgan fingerprint density at radius 1 is 1.21 bits per heavy atom. The summed E-state index contributed by atoms with van der Waals surface area (Å²) in [7, 11) is -1.97. The number of esters is 1. The zero-order valence-corrected chi connectivity index (χ0v) is 20.5. The van der Waals surface area contributed by atoms with Crippen LogP contribution in [0.4, 0.5) is 4.79 Å². The monoisotopic (exact) mass is 429 g/mol. The third kappa shape index (κ3) is 5.60. The van der Waals surface area contributed by atoms with Crippen molar-refractivity contribution in [1.82, 2.24) is 4.90 Å². The quantitative estimate of drug-likeness (QED) is 0.278. The Balaban J connectivity index is 3.03. The second kappa shape index (κ2) is 8.76. The Bertz CT molecular complexity index is 634. The maximum atomic E-state index is 13.1. The molecule has 8 heteroatoms. The SMILES string of the molecule is CC(OC(=O)C1(CCCO[Si](C)(C)C(C)(C)C)C(=O)CCN1C(=O)O)C(C)(C)C. The molecule has 0 bridgehead atoms. The van der Waals surface area contributed by atoms with Gasteiger partial charge in [0.15, 0.2) is 14.1 Å². The van der Waals surface area contributed by atoms with Gasteiger partial charge in [0.1, 0.15) is 6.10 Å². The Hall–Kier alpha value is -1.41. The molecule has 0 aromatic rings. The number of Topliss-reactive ketones (excluding diaryl/α,β-unsaturated/α-hetero) is 1. The summed E-state index contributed by atoms with van der Waals surface area (Å²) >= 11 is 0. The largest absolute Gasteiger partial charge is 0.465 e. The van der Waals surface area contributed by atoms with Crippen molar-refractivity contribution < 1.29 is 28.7 Å². The Kier molecular flexibility index (Phi) is 7.74. The van der Waals surface area contributed by atoms with Crippen LogP contribution in [-0.2, 0) is 18.8 Å². The van der Waals surface area contributed by atoms with Gasteiger partial charge in [-0.2, -0.15) is 0 Å². The van der Waals surface area contributed by atoms with Crippen LogP contribution in [0.3, 0.4) is 0 Å². The van der Waals surface area contributed by atoms with Gasteiger partial charge in [-0.15, -0.1) is 0 Å². The molecular weight excluding hydrogens is 390 g/mol. The van der Waals surface area contributed by atoms with E-state index < -0.39 is 37.8 Å². The maximum absolute atomic E-state index is 13.1. The number of amides is 1. The predicted octanol–water partition coefficient (Wildman–Crippen LogP) is 4.46. The highest BCUT2D eigenvalue weighted by atomic mass is 28.4. The minimum absolute atomic E-state index is 0.0102. The van der Waals surface area contributed by atoms with Crippen molar-refractivity contribution in [2.75, 3.05) is 13.2 Å². The fourth-order valence-electron chi connectivity index (χ4n) is 2.93. The number of ether oxygens (including phenoxy) is 1. The molecule has 1 fully saturated rings. The van der Waals surface area contributed by atoms with Crippen LogP contribution in [0.15, 0.2) is 0 Å². The highest BCUT2D eigenvalue weighted by molar-refractivity contribution is 6.74. The number of carboxylic acid groups (broad SMARTS) is 1. The third-order valence-electron chi connectivity index (χ3n) is 6.51. The van der Waals surface area contributed by atoms with Gasteiger partial charge < -0.3 is 14.3 Å². The molecule has 1 aliphatic heterocycles. The lowest BCUT2D eigenvalue weighted by Crippen LogP contribution is -2.58. The molecule has 1 rings (SSSR count). The minimum atomic E-state index is -1.97. The van der Waals surface area contributed by atoms with E-state index in [4.69, 9.17) is 9.16 Å². The summed E-state index contributed by atoms with van der Waals surface area (Å²) < 4.78 is 11.8. The summed E-state index contributed by atoms with van der Waals surface area (Å²) in [5.74, 6) is -1.16. The second-order valence-electron chi connectivity index (χ2n) is 10.6. The topological polar surface area (TPSA) is 93.1 Å². The van der Waals surface area contributed by atoms with Gasteiger partial charge in [0.25, 0.3) is 0 Å². The van der Waals surface area contributed by atoms with Crippen molar-refractivity contribution in [3.05, 3.63) is 0 Å². The first-order chi connectivity index (χ1) is 13.0. The number of likely N-dealkylation sites (tertiary alicyclic amines) is 1. The maximum Gasteiger partial charge on any atom is 0.408 e. The fourth-order valence-corrected chi connectivity index (χ4v) is 4.02. The van der Waals surface area contributed by atoms with Crippen LogP contribution >= 0.6 is 0 Å². The Morgan fingerprint density at radius 3 is 2.21 bits per heavy atom. The molecule has 0 aromatic carbocycles. The summed E-state index contributed by atoms with van der Waals surface area (Å²) in [6.45, 7) is 18.6.